The lowest BCUT2D eigenvalue weighted by molar-refractivity contribution is -0.384. The number of hydrogen-bond acceptors (Lipinski definition) is 5. The lowest BCUT2D eigenvalue weighted by Crippen LogP contribution is -2.10. The predicted octanol–water partition coefficient (Wildman–Crippen LogP) is 2.44. The van der Waals surface area contributed by atoms with Crippen LogP contribution in [0.5, 0.6) is 0 Å². The number of carbonyl (C=O) groups is 1. The Labute approximate surface area is 108 Å². The van der Waals surface area contributed by atoms with Crippen LogP contribution in [-0.2, 0) is 14.3 Å². The molecule has 0 heterocycles. The van der Waals surface area contributed by atoms with Gasteiger partial charge in [-0.2, -0.15) is 0 Å². The number of nitro groups is 1. The highest BCUT2D eigenvalue weighted by atomic mass is 19.1. The first-order valence-electron chi connectivity index (χ1n) is 5.37. The zero-order chi connectivity index (χ0) is 14.4. The van der Waals surface area contributed by atoms with Crippen molar-refractivity contribution in [1.29, 1.82) is 0 Å². The van der Waals surface area contributed by atoms with E-state index in [-0.39, 0.29) is 17.9 Å². The number of benzene rings is 1. The second-order valence-corrected chi connectivity index (χ2v) is 3.37. The molecule has 0 fully saturated rings. The van der Waals surface area contributed by atoms with Crippen molar-refractivity contribution < 1.29 is 23.6 Å². The summed E-state index contributed by atoms with van der Waals surface area (Å²) in [6, 6.07) is 4.64. The van der Waals surface area contributed by atoms with Crippen LogP contribution in [0.1, 0.15) is 12.5 Å². The third-order valence-electron chi connectivity index (χ3n) is 2.20. The molecule has 0 atom stereocenters. The zero-order valence-electron chi connectivity index (χ0n) is 10.4. The highest BCUT2D eigenvalue weighted by molar-refractivity contribution is 5.93. The Morgan fingerprint density at radius 1 is 1.37 bits per heavy atom. The number of non-ortho nitro benzene ring substituents is 1. The van der Waals surface area contributed by atoms with Gasteiger partial charge in [-0.1, -0.05) is 0 Å². The van der Waals surface area contributed by atoms with Crippen molar-refractivity contribution in [3.05, 3.63) is 45.7 Å². The largest absolute Gasteiger partial charge is 0.488 e. The van der Waals surface area contributed by atoms with Crippen LogP contribution in [-0.4, -0.2) is 24.6 Å². The summed E-state index contributed by atoms with van der Waals surface area (Å²) in [4.78, 5) is 21.3. The standard InChI is InChI=1S/C12H12FNO5/c1-3-19-12(15)11(18-2)10(13)8-4-6-9(7-5-8)14(16)17/h4-7H,3H2,1-2H3/b11-10-. The van der Waals surface area contributed by atoms with Gasteiger partial charge in [-0.05, 0) is 19.1 Å². The van der Waals surface area contributed by atoms with E-state index in [2.05, 4.69) is 9.47 Å². The van der Waals surface area contributed by atoms with Gasteiger partial charge >= 0.3 is 5.97 Å². The predicted molar refractivity (Wildman–Crippen MR) is 64.8 cm³/mol. The van der Waals surface area contributed by atoms with E-state index in [9.17, 15) is 19.3 Å². The van der Waals surface area contributed by atoms with E-state index in [4.69, 9.17) is 0 Å². The summed E-state index contributed by atoms with van der Waals surface area (Å²) in [5.41, 5.74) is -0.179. The summed E-state index contributed by atoms with van der Waals surface area (Å²) in [7, 11) is 1.14. The summed E-state index contributed by atoms with van der Waals surface area (Å²) in [5, 5.41) is 10.5. The first-order chi connectivity index (χ1) is 9.01. The highest BCUT2D eigenvalue weighted by Gasteiger charge is 2.19. The third-order valence-corrected chi connectivity index (χ3v) is 2.20. The van der Waals surface area contributed by atoms with Crippen molar-refractivity contribution in [2.75, 3.05) is 13.7 Å². The molecule has 1 aromatic rings. The summed E-state index contributed by atoms with van der Waals surface area (Å²) < 4.78 is 23.3. The molecular weight excluding hydrogens is 257 g/mol. The quantitative estimate of drug-likeness (QED) is 0.270. The van der Waals surface area contributed by atoms with Crippen LogP contribution in [0.2, 0.25) is 0 Å². The van der Waals surface area contributed by atoms with E-state index in [1.807, 2.05) is 0 Å². The molecule has 0 radical (unpaired) electrons. The van der Waals surface area contributed by atoms with Crippen LogP contribution >= 0.6 is 0 Å². The fourth-order valence-corrected chi connectivity index (χ4v) is 1.32. The topological polar surface area (TPSA) is 78.7 Å². The highest BCUT2D eigenvalue weighted by Crippen LogP contribution is 2.23. The monoisotopic (exact) mass is 269 g/mol. The molecule has 0 aromatic heterocycles. The Kier molecular flexibility index (Phi) is 4.99. The van der Waals surface area contributed by atoms with Gasteiger partial charge in [-0.3, -0.25) is 10.1 Å². The lowest BCUT2D eigenvalue weighted by Gasteiger charge is -2.07. The molecule has 0 spiro atoms. The number of carbonyl (C=O) groups excluding carboxylic acids is 1. The Hall–Kier alpha value is -2.44. The average Bonchev–Trinajstić information content (AvgIpc) is 2.39. The molecule has 1 rings (SSSR count). The number of halogens is 1. The number of rotatable bonds is 5. The molecule has 0 N–H and O–H groups in total. The number of ether oxygens (including phenoxy) is 2. The maximum Gasteiger partial charge on any atom is 0.376 e. The summed E-state index contributed by atoms with van der Waals surface area (Å²) in [6.45, 7) is 1.66. The number of hydrogen-bond donors (Lipinski definition) is 0. The van der Waals surface area contributed by atoms with Gasteiger partial charge < -0.3 is 9.47 Å². The third kappa shape index (κ3) is 3.51. The fourth-order valence-electron chi connectivity index (χ4n) is 1.32. The van der Waals surface area contributed by atoms with Gasteiger partial charge in [0, 0.05) is 17.7 Å². The number of methoxy groups -OCH3 is 1. The molecule has 1 aromatic carbocycles. The van der Waals surface area contributed by atoms with Crippen LogP contribution in [0.3, 0.4) is 0 Å². The Balaban J connectivity index is 3.11. The molecular formula is C12H12FNO5. The minimum atomic E-state index is -0.934. The molecule has 0 saturated heterocycles. The molecule has 6 nitrogen and oxygen atoms in total. The van der Waals surface area contributed by atoms with E-state index < -0.39 is 22.5 Å². The minimum Gasteiger partial charge on any atom is -0.488 e. The summed E-state index contributed by atoms with van der Waals surface area (Å²) in [6.07, 6.45) is 0. The molecule has 0 bridgehead atoms. The van der Waals surface area contributed by atoms with Crippen molar-refractivity contribution in [3.8, 4) is 0 Å². The van der Waals surface area contributed by atoms with E-state index in [0.717, 1.165) is 19.2 Å². The van der Waals surface area contributed by atoms with Crippen molar-refractivity contribution >= 4 is 17.5 Å². The maximum absolute atomic E-state index is 14.0. The first kappa shape index (κ1) is 14.6. The molecule has 0 aliphatic heterocycles. The van der Waals surface area contributed by atoms with E-state index in [0.29, 0.717) is 0 Å². The summed E-state index contributed by atoms with van der Waals surface area (Å²) in [5.74, 6) is -2.44. The van der Waals surface area contributed by atoms with Crippen LogP contribution in [0.15, 0.2) is 30.0 Å². The lowest BCUT2D eigenvalue weighted by atomic mass is 10.1. The molecule has 0 unspecified atom stereocenters. The van der Waals surface area contributed by atoms with Crippen molar-refractivity contribution in [2.24, 2.45) is 0 Å². The van der Waals surface area contributed by atoms with Gasteiger partial charge in [0.25, 0.3) is 5.69 Å². The van der Waals surface area contributed by atoms with Gasteiger partial charge in [-0.15, -0.1) is 0 Å². The first-order valence-corrected chi connectivity index (χ1v) is 5.37. The van der Waals surface area contributed by atoms with Crippen LogP contribution < -0.4 is 0 Å². The van der Waals surface area contributed by atoms with Gasteiger partial charge in [0.1, 0.15) is 0 Å². The Bertz CT molecular complexity index is 509. The average molecular weight is 269 g/mol. The molecule has 0 aliphatic rings. The van der Waals surface area contributed by atoms with Crippen molar-refractivity contribution in [1.82, 2.24) is 0 Å². The van der Waals surface area contributed by atoms with Gasteiger partial charge in [0.05, 0.1) is 18.6 Å². The molecule has 0 amide bonds. The molecule has 0 saturated carbocycles. The van der Waals surface area contributed by atoms with Crippen molar-refractivity contribution in [2.45, 2.75) is 6.92 Å². The van der Waals surface area contributed by atoms with E-state index >= 15 is 0 Å². The maximum atomic E-state index is 14.0. The van der Waals surface area contributed by atoms with Gasteiger partial charge in [0.2, 0.25) is 5.76 Å². The van der Waals surface area contributed by atoms with Crippen molar-refractivity contribution in [3.63, 3.8) is 0 Å². The molecule has 7 heteroatoms. The SMILES string of the molecule is CCOC(=O)/C(OC)=C(/F)c1ccc([N+](=O)[O-])cc1. The van der Waals surface area contributed by atoms with Crippen LogP contribution in [0.25, 0.3) is 5.83 Å². The molecule has 102 valence electrons. The van der Waals surface area contributed by atoms with Gasteiger partial charge in [0.15, 0.2) is 5.83 Å². The summed E-state index contributed by atoms with van der Waals surface area (Å²) >= 11 is 0. The van der Waals surface area contributed by atoms with E-state index in [1.54, 1.807) is 6.92 Å². The molecule has 19 heavy (non-hydrogen) atoms. The smallest absolute Gasteiger partial charge is 0.376 e. The Morgan fingerprint density at radius 2 is 1.95 bits per heavy atom. The fraction of sp³-hybridized carbons (Fsp3) is 0.250. The second kappa shape index (κ2) is 6.48. The van der Waals surface area contributed by atoms with Crippen LogP contribution in [0, 0.1) is 10.1 Å². The number of nitro benzene ring substituents is 1. The minimum absolute atomic E-state index is 0.00416. The Morgan fingerprint density at radius 3 is 2.37 bits per heavy atom. The van der Waals surface area contributed by atoms with Crippen LogP contribution in [0.4, 0.5) is 10.1 Å². The second-order valence-electron chi connectivity index (χ2n) is 3.37. The molecule has 0 aliphatic carbocycles. The normalized spacial score (nSPS) is 11.5. The number of nitrogens with zero attached hydrogens (tertiary/aromatic N) is 1. The van der Waals surface area contributed by atoms with E-state index in [1.165, 1.54) is 12.1 Å². The zero-order valence-corrected chi connectivity index (χ0v) is 10.4. The number of esters is 1. The van der Waals surface area contributed by atoms with Gasteiger partial charge in [-0.25, -0.2) is 9.18 Å².